The second-order valence-electron chi connectivity index (χ2n) is 11.9. The maximum absolute atomic E-state index is 13.6. The number of nitrogens with one attached hydrogen (secondary N) is 1. The lowest BCUT2D eigenvalue weighted by atomic mass is 10.0. The molecule has 2 aliphatic rings. The number of carbonyl (C=O) groups excluding carboxylic acids is 5. The number of esters is 3. The number of ether oxygens (including phenoxy) is 5. The van der Waals surface area contributed by atoms with Crippen LogP contribution < -0.4 is 14.8 Å². The minimum atomic E-state index is -0.860. The summed E-state index contributed by atoms with van der Waals surface area (Å²) in [6, 6.07) is 26.5. The Morgan fingerprint density at radius 3 is 1.81 bits per heavy atom. The molecule has 0 radical (unpaired) electrons. The number of hydrogen-bond donors (Lipinski definition) is 1. The first kappa shape index (κ1) is 36.6. The van der Waals surface area contributed by atoms with Gasteiger partial charge in [0.2, 0.25) is 5.91 Å². The summed E-state index contributed by atoms with van der Waals surface area (Å²) >= 11 is 1.32. The number of rotatable bonds is 14. The van der Waals surface area contributed by atoms with Gasteiger partial charge in [0, 0.05) is 11.3 Å². The molecule has 4 aromatic rings. The molecule has 2 atom stereocenters. The fraction of sp³-hybridized carbons (Fsp3) is 0.231. The van der Waals surface area contributed by atoms with Crippen LogP contribution in [0.15, 0.2) is 108 Å². The molecule has 0 saturated carbocycles. The lowest BCUT2D eigenvalue weighted by molar-refractivity contribution is -0.153. The van der Waals surface area contributed by atoms with Crippen LogP contribution in [-0.2, 0) is 48.2 Å². The van der Waals surface area contributed by atoms with Gasteiger partial charge in [0.15, 0.2) is 0 Å². The number of carbonyl (C=O) groups is 5. The summed E-state index contributed by atoms with van der Waals surface area (Å²) in [6.07, 6.45) is 0.0887. The Morgan fingerprint density at radius 2 is 1.25 bits per heavy atom. The predicted octanol–water partition coefficient (Wildman–Crippen LogP) is 4.25. The fourth-order valence-electron chi connectivity index (χ4n) is 5.56. The summed E-state index contributed by atoms with van der Waals surface area (Å²) in [4.78, 5) is 71.2. The highest BCUT2D eigenvalue weighted by Crippen LogP contribution is 2.41. The average molecular weight is 738 g/mol. The summed E-state index contributed by atoms with van der Waals surface area (Å²) in [5.74, 6) is -1.72. The maximum Gasteiger partial charge on any atom is 0.357 e. The van der Waals surface area contributed by atoms with Crippen molar-refractivity contribution in [3.8, 4) is 11.5 Å². The number of benzene rings is 3. The Balaban J connectivity index is 1.14. The molecule has 1 N–H and O–H groups in total. The number of amides is 2. The average Bonchev–Trinajstić information content (AvgIpc) is 3.20. The molecule has 0 aliphatic carbocycles. The summed E-state index contributed by atoms with van der Waals surface area (Å²) in [5.41, 5.74) is 2.23. The second-order valence-corrected chi connectivity index (χ2v) is 13.0. The van der Waals surface area contributed by atoms with E-state index < -0.39 is 35.2 Å². The van der Waals surface area contributed by atoms with Gasteiger partial charge in [-0.25, -0.2) is 19.4 Å². The van der Waals surface area contributed by atoms with E-state index in [1.54, 1.807) is 62.8 Å². The first-order valence-corrected chi connectivity index (χ1v) is 17.5. The number of β-lactam (4-membered cyclic amide) rings is 1. The van der Waals surface area contributed by atoms with Crippen molar-refractivity contribution < 1.29 is 47.7 Å². The van der Waals surface area contributed by atoms with E-state index in [4.69, 9.17) is 23.7 Å². The van der Waals surface area contributed by atoms with Gasteiger partial charge in [0.05, 0.1) is 20.6 Å². The zero-order chi connectivity index (χ0) is 37.3. The molecular formula is C39H35N3O10S. The van der Waals surface area contributed by atoms with Crippen LogP contribution in [0.2, 0.25) is 0 Å². The molecule has 1 fully saturated rings. The molecule has 2 aliphatic heterocycles. The van der Waals surface area contributed by atoms with E-state index in [2.05, 4.69) is 10.3 Å². The van der Waals surface area contributed by atoms with Gasteiger partial charge >= 0.3 is 17.9 Å². The Labute approximate surface area is 309 Å². The zero-order valence-electron chi connectivity index (χ0n) is 28.8. The van der Waals surface area contributed by atoms with E-state index in [1.807, 2.05) is 30.3 Å². The van der Waals surface area contributed by atoms with Crippen LogP contribution in [-0.4, -0.2) is 77.6 Å². The molecule has 272 valence electrons. The van der Waals surface area contributed by atoms with E-state index in [-0.39, 0.29) is 55.0 Å². The molecule has 14 heteroatoms. The summed E-state index contributed by atoms with van der Waals surface area (Å²) in [7, 11) is 3.09. The molecule has 3 aromatic carbocycles. The molecular weight excluding hydrogens is 703 g/mol. The minimum Gasteiger partial charge on any atom is -0.497 e. The number of methoxy groups -OCH3 is 2. The number of fused-ring (bicyclic) bond motifs is 1. The van der Waals surface area contributed by atoms with Crippen molar-refractivity contribution in [2.24, 2.45) is 0 Å². The Bertz CT molecular complexity index is 2020. The van der Waals surface area contributed by atoms with Crippen LogP contribution in [0.5, 0.6) is 11.5 Å². The van der Waals surface area contributed by atoms with Gasteiger partial charge in [-0.15, -0.1) is 11.8 Å². The van der Waals surface area contributed by atoms with Crippen LogP contribution in [0.1, 0.15) is 37.7 Å². The van der Waals surface area contributed by atoms with Gasteiger partial charge in [-0.1, -0.05) is 60.7 Å². The fourth-order valence-corrected chi connectivity index (χ4v) is 6.89. The summed E-state index contributed by atoms with van der Waals surface area (Å²) in [6.45, 7) is -0.480. The molecule has 6 rings (SSSR count). The van der Waals surface area contributed by atoms with Crippen molar-refractivity contribution in [3.63, 3.8) is 0 Å². The van der Waals surface area contributed by atoms with Crippen LogP contribution in [0.25, 0.3) is 0 Å². The topological polar surface area (TPSA) is 160 Å². The highest BCUT2D eigenvalue weighted by molar-refractivity contribution is 8.00. The van der Waals surface area contributed by atoms with Gasteiger partial charge in [0.25, 0.3) is 5.91 Å². The highest BCUT2D eigenvalue weighted by atomic mass is 32.2. The third-order valence-corrected chi connectivity index (χ3v) is 9.71. The SMILES string of the molecule is COc1ccc(COC(=O)C2=C(COC(=O)c3cccc(C(=O)OCc4ccc(OC)cc4)n3)CS[C@@H]3[C@H](NC(=O)Cc4ccccc4)C(=O)N23)cc1. The van der Waals surface area contributed by atoms with Crippen LogP contribution in [0, 0.1) is 0 Å². The van der Waals surface area contributed by atoms with E-state index in [1.165, 1.54) is 34.9 Å². The van der Waals surface area contributed by atoms with Crippen molar-refractivity contribution in [1.29, 1.82) is 0 Å². The van der Waals surface area contributed by atoms with Gasteiger partial charge in [-0.3, -0.25) is 14.5 Å². The molecule has 0 unspecified atom stereocenters. The lowest BCUT2D eigenvalue weighted by Gasteiger charge is -2.49. The van der Waals surface area contributed by atoms with Crippen molar-refractivity contribution in [1.82, 2.24) is 15.2 Å². The molecule has 1 aromatic heterocycles. The second kappa shape index (κ2) is 16.9. The van der Waals surface area contributed by atoms with Crippen LogP contribution in [0.3, 0.4) is 0 Å². The first-order valence-electron chi connectivity index (χ1n) is 16.5. The monoisotopic (exact) mass is 737 g/mol. The van der Waals surface area contributed by atoms with Crippen molar-refractivity contribution >= 4 is 41.5 Å². The standard InChI is InChI=1S/C39H35N3O10S/c1-48-28-15-11-25(12-16-28)20-50-37(45)30-9-6-10-31(40-30)38(46)52-22-27-23-53-36-33(41-32(43)19-24-7-4-3-5-8-24)35(44)42(36)34(27)39(47)51-21-26-13-17-29(49-2)18-14-26/h3-18,33,36H,19-23H2,1-2H3,(H,41,43)/t33-,36-/m1/s1. The Hall–Kier alpha value is -6.15. The van der Waals surface area contributed by atoms with Crippen molar-refractivity contribution in [2.75, 3.05) is 26.6 Å². The summed E-state index contributed by atoms with van der Waals surface area (Å²) in [5, 5.41) is 2.22. The normalized spacial score (nSPS) is 16.1. The number of pyridine rings is 1. The summed E-state index contributed by atoms with van der Waals surface area (Å²) < 4.78 is 26.9. The van der Waals surface area contributed by atoms with Gasteiger partial charge in [-0.2, -0.15) is 0 Å². The van der Waals surface area contributed by atoms with Crippen LogP contribution >= 0.6 is 11.8 Å². The Kier molecular flexibility index (Phi) is 11.7. The number of thioether (sulfide) groups is 1. The minimum absolute atomic E-state index is 0.0177. The molecule has 1 saturated heterocycles. The third-order valence-electron chi connectivity index (χ3n) is 8.37. The first-order chi connectivity index (χ1) is 25.7. The van der Waals surface area contributed by atoms with Gasteiger partial charge in [-0.05, 0) is 53.1 Å². The molecule has 0 bridgehead atoms. The number of aromatic nitrogens is 1. The van der Waals surface area contributed by atoms with E-state index >= 15 is 0 Å². The smallest absolute Gasteiger partial charge is 0.357 e. The largest absolute Gasteiger partial charge is 0.497 e. The molecule has 2 amide bonds. The predicted molar refractivity (Wildman–Crippen MR) is 192 cm³/mol. The molecule has 53 heavy (non-hydrogen) atoms. The van der Waals surface area contributed by atoms with Crippen LogP contribution in [0.4, 0.5) is 0 Å². The number of nitrogens with zero attached hydrogens (tertiary/aromatic N) is 2. The lowest BCUT2D eigenvalue weighted by Crippen LogP contribution is -2.70. The maximum atomic E-state index is 13.6. The molecule has 13 nitrogen and oxygen atoms in total. The van der Waals surface area contributed by atoms with E-state index in [9.17, 15) is 24.0 Å². The third kappa shape index (κ3) is 8.84. The quantitative estimate of drug-likeness (QED) is 0.112. The number of hydrogen-bond acceptors (Lipinski definition) is 12. The van der Waals surface area contributed by atoms with E-state index in [0.29, 0.717) is 22.6 Å². The highest BCUT2D eigenvalue weighted by Gasteiger charge is 2.54. The zero-order valence-corrected chi connectivity index (χ0v) is 29.6. The molecule has 0 spiro atoms. The van der Waals surface area contributed by atoms with E-state index in [0.717, 1.165) is 11.1 Å². The van der Waals surface area contributed by atoms with Gasteiger partial charge in [0.1, 0.15) is 59.8 Å². The van der Waals surface area contributed by atoms with Crippen molar-refractivity contribution in [3.05, 3.63) is 136 Å². The Morgan fingerprint density at radius 1 is 0.698 bits per heavy atom. The van der Waals surface area contributed by atoms with Gasteiger partial charge < -0.3 is 29.0 Å². The van der Waals surface area contributed by atoms with Crippen molar-refractivity contribution in [2.45, 2.75) is 31.1 Å². The molecule has 3 heterocycles.